The van der Waals surface area contributed by atoms with Crippen LogP contribution in [-0.4, -0.2) is 27.2 Å². The van der Waals surface area contributed by atoms with E-state index in [1.54, 1.807) is 6.26 Å². The fourth-order valence-corrected chi connectivity index (χ4v) is 1.27. The van der Waals surface area contributed by atoms with Crippen LogP contribution in [-0.2, 0) is 6.54 Å². The minimum Gasteiger partial charge on any atom is -0.463 e. The summed E-state index contributed by atoms with van der Waals surface area (Å²) in [7, 11) is 4.37. The highest BCUT2D eigenvalue weighted by molar-refractivity contribution is 4.95. The molecule has 0 fully saturated rings. The molecular formula is C10H20N2O+2. The summed E-state index contributed by atoms with van der Waals surface area (Å²) in [6, 6.07) is 3.96. The van der Waals surface area contributed by atoms with Gasteiger partial charge in [-0.15, -0.1) is 0 Å². The number of quaternary nitrogens is 2. The van der Waals surface area contributed by atoms with Gasteiger partial charge in [-0.05, 0) is 12.1 Å². The van der Waals surface area contributed by atoms with Crippen molar-refractivity contribution in [1.82, 2.24) is 0 Å². The van der Waals surface area contributed by atoms with Crippen LogP contribution in [0.4, 0.5) is 0 Å². The Labute approximate surface area is 79.7 Å². The Morgan fingerprint density at radius 2 is 2.31 bits per heavy atom. The maximum atomic E-state index is 5.22. The number of nitrogens with two attached hydrogens (primary N) is 1. The van der Waals surface area contributed by atoms with Crippen LogP contribution in [0.5, 0.6) is 0 Å². The summed E-state index contributed by atoms with van der Waals surface area (Å²) in [6.45, 7) is 3.40. The van der Waals surface area contributed by atoms with Gasteiger partial charge < -0.3 is 14.6 Å². The number of rotatable bonds is 6. The first-order valence-corrected chi connectivity index (χ1v) is 4.92. The van der Waals surface area contributed by atoms with Crippen LogP contribution in [0, 0.1) is 0 Å². The van der Waals surface area contributed by atoms with Crippen LogP contribution in [0.2, 0.25) is 0 Å². The monoisotopic (exact) mass is 184 g/mol. The molecule has 1 aromatic heterocycles. The topological polar surface area (TPSA) is 34.2 Å². The van der Waals surface area contributed by atoms with Crippen LogP contribution in [0.25, 0.3) is 0 Å². The summed E-state index contributed by atoms with van der Waals surface area (Å²) in [5.74, 6) is 1.07. The molecule has 3 nitrogen and oxygen atoms in total. The van der Waals surface area contributed by atoms with Crippen LogP contribution in [0.15, 0.2) is 22.8 Å². The van der Waals surface area contributed by atoms with Gasteiger partial charge in [0.25, 0.3) is 0 Å². The lowest BCUT2D eigenvalue weighted by Gasteiger charge is -2.05. The van der Waals surface area contributed by atoms with Crippen LogP contribution < -0.4 is 10.2 Å². The molecule has 0 saturated carbocycles. The van der Waals surface area contributed by atoms with Crippen molar-refractivity contribution in [2.45, 2.75) is 13.0 Å². The number of furan rings is 1. The summed E-state index contributed by atoms with van der Waals surface area (Å²) in [5.41, 5.74) is 0. The van der Waals surface area contributed by atoms with Gasteiger partial charge in [-0.25, -0.2) is 0 Å². The molecule has 13 heavy (non-hydrogen) atoms. The van der Waals surface area contributed by atoms with Gasteiger partial charge in [0.15, 0.2) is 5.76 Å². The Morgan fingerprint density at radius 3 is 2.92 bits per heavy atom. The third-order valence-corrected chi connectivity index (χ3v) is 2.01. The Bertz CT molecular complexity index is 207. The van der Waals surface area contributed by atoms with Crippen LogP contribution in [0.1, 0.15) is 12.2 Å². The van der Waals surface area contributed by atoms with E-state index in [0.717, 1.165) is 12.3 Å². The first-order valence-electron chi connectivity index (χ1n) is 4.92. The molecule has 1 heterocycles. The standard InChI is InChI=1S/C10H18N2O/c1-12(2)7-4-6-11-9-10-5-3-8-13-10/h3,5,8,11H,4,6-7,9H2,1-2H3/p+2. The van der Waals surface area contributed by atoms with Crippen molar-refractivity contribution in [3.63, 3.8) is 0 Å². The van der Waals surface area contributed by atoms with Gasteiger partial charge in [-0.3, -0.25) is 0 Å². The zero-order chi connectivity index (χ0) is 9.52. The van der Waals surface area contributed by atoms with E-state index in [4.69, 9.17) is 4.42 Å². The third-order valence-electron chi connectivity index (χ3n) is 2.01. The van der Waals surface area contributed by atoms with Gasteiger partial charge in [0, 0.05) is 6.42 Å². The summed E-state index contributed by atoms with van der Waals surface area (Å²) in [4.78, 5) is 1.52. The zero-order valence-electron chi connectivity index (χ0n) is 8.55. The van der Waals surface area contributed by atoms with Crippen molar-refractivity contribution in [3.8, 4) is 0 Å². The summed E-state index contributed by atoms with van der Waals surface area (Å²) in [5, 5.41) is 2.29. The quantitative estimate of drug-likeness (QED) is 0.540. The molecule has 74 valence electrons. The van der Waals surface area contributed by atoms with E-state index in [-0.39, 0.29) is 0 Å². The van der Waals surface area contributed by atoms with Crippen molar-refractivity contribution in [3.05, 3.63) is 24.2 Å². The molecule has 0 aliphatic rings. The lowest BCUT2D eigenvalue weighted by Crippen LogP contribution is -3.06. The highest BCUT2D eigenvalue weighted by Gasteiger charge is 1.98. The Balaban J connectivity index is 1.96. The van der Waals surface area contributed by atoms with Gasteiger partial charge in [0.2, 0.25) is 0 Å². The Morgan fingerprint density at radius 1 is 1.46 bits per heavy atom. The van der Waals surface area contributed by atoms with Gasteiger partial charge in [0.05, 0.1) is 33.4 Å². The molecule has 3 N–H and O–H groups in total. The predicted molar refractivity (Wildman–Crippen MR) is 51.5 cm³/mol. The molecule has 1 rings (SSSR count). The predicted octanol–water partition coefficient (Wildman–Crippen LogP) is -1.12. The Hall–Kier alpha value is -0.800. The summed E-state index contributed by atoms with van der Waals surface area (Å²) < 4.78 is 5.22. The van der Waals surface area contributed by atoms with Gasteiger partial charge >= 0.3 is 0 Å². The normalized spacial score (nSPS) is 11.0. The number of hydrogen-bond donors (Lipinski definition) is 2. The molecule has 0 aromatic carbocycles. The molecule has 0 saturated heterocycles. The average Bonchev–Trinajstić information content (AvgIpc) is 2.55. The van der Waals surface area contributed by atoms with E-state index < -0.39 is 0 Å². The lowest BCUT2D eigenvalue weighted by molar-refractivity contribution is -0.860. The average molecular weight is 184 g/mol. The maximum Gasteiger partial charge on any atom is 0.157 e. The van der Waals surface area contributed by atoms with E-state index in [1.165, 1.54) is 24.4 Å². The smallest absolute Gasteiger partial charge is 0.157 e. The van der Waals surface area contributed by atoms with Gasteiger partial charge in [-0.2, -0.15) is 0 Å². The SMILES string of the molecule is C[NH+](C)CCC[NH2+]Cc1ccco1. The van der Waals surface area contributed by atoms with E-state index in [9.17, 15) is 0 Å². The second-order valence-electron chi connectivity index (χ2n) is 3.67. The lowest BCUT2D eigenvalue weighted by atomic mass is 10.4. The molecule has 0 spiro atoms. The second kappa shape index (κ2) is 5.78. The summed E-state index contributed by atoms with van der Waals surface area (Å²) >= 11 is 0. The van der Waals surface area contributed by atoms with Crippen LogP contribution in [0.3, 0.4) is 0 Å². The third kappa shape index (κ3) is 4.70. The zero-order valence-corrected chi connectivity index (χ0v) is 8.55. The second-order valence-corrected chi connectivity index (χ2v) is 3.67. The van der Waals surface area contributed by atoms with Crippen molar-refractivity contribution in [2.24, 2.45) is 0 Å². The molecule has 1 aromatic rings. The minimum atomic E-state index is 0.968. The number of nitrogens with one attached hydrogen (secondary N) is 1. The maximum absolute atomic E-state index is 5.22. The molecule has 0 aliphatic heterocycles. The molecule has 0 radical (unpaired) electrons. The Kier molecular flexibility index (Phi) is 4.57. The molecule has 0 unspecified atom stereocenters. The van der Waals surface area contributed by atoms with Gasteiger partial charge in [-0.1, -0.05) is 0 Å². The molecule has 0 atom stereocenters. The van der Waals surface area contributed by atoms with Crippen molar-refractivity contribution in [2.75, 3.05) is 27.2 Å². The van der Waals surface area contributed by atoms with Crippen molar-refractivity contribution >= 4 is 0 Å². The van der Waals surface area contributed by atoms with Gasteiger partial charge in [0.1, 0.15) is 6.54 Å². The highest BCUT2D eigenvalue weighted by atomic mass is 16.3. The number of hydrogen-bond acceptors (Lipinski definition) is 1. The van der Waals surface area contributed by atoms with Crippen LogP contribution >= 0.6 is 0 Å². The minimum absolute atomic E-state index is 0.968. The molecular weight excluding hydrogens is 164 g/mol. The molecule has 3 heteroatoms. The molecule has 0 amide bonds. The van der Waals surface area contributed by atoms with E-state index >= 15 is 0 Å². The van der Waals surface area contributed by atoms with Crippen molar-refractivity contribution < 1.29 is 14.6 Å². The van der Waals surface area contributed by atoms with E-state index in [0.29, 0.717) is 0 Å². The molecule has 0 aliphatic carbocycles. The highest BCUT2D eigenvalue weighted by Crippen LogP contribution is 1.95. The van der Waals surface area contributed by atoms with E-state index in [2.05, 4.69) is 19.4 Å². The largest absolute Gasteiger partial charge is 0.463 e. The first-order chi connectivity index (χ1) is 6.29. The fourth-order valence-electron chi connectivity index (χ4n) is 1.27. The first kappa shape index (κ1) is 10.3. The summed E-state index contributed by atoms with van der Waals surface area (Å²) in [6.07, 6.45) is 3.00. The fraction of sp³-hybridized carbons (Fsp3) is 0.600. The van der Waals surface area contributed by atoms with Crippen molar-refractivity contribution in [1.29, 1.82) is 0 Å². The van der Waals surface area contributed by atoms with E-state index in [1.807, 2.05) is 12.1 Å². The molecule has 0 bridgehead atoms.